The minimum absolute atomic E-state index is 0.231. The molecule has 26 heavy (non-hydrogen) atoms. The number of hydrogen-bond acceptors (Lipinski definition) is 4. The van der Waals surface area contributed by atoms with Gasteiger partial charge in [-0.05, 0) is 37.0 Å². The molecule has 0 radical (unpaired) electrons. The summed E-state index contributed by atoms with van der Waals surface area (Å²) in [6.45, 7) is 1.77. The highest BCUT2D eigenvalue weighted by atomic mass is 16.5. The van der Waals surface area contributed by atoms with E-state index in [4.69, 9.17) is 4.74 Å². The summed E-state index contributed by atoms with van der Waals surface area (Å²) in [7, 11) is 0. The molecule has 1 aliphatic heterocycles. The summed E-state index contributed by atoms with van der Waals surface area (Å²) < 4.78 is 5.41. The van der Waals surface area contributed by atoms with Crippen molar-refractivity contribution in [1.82, 2.24) is 4.90 Å². The summed E-state index contributed by atoms with van der Waals surface area (Å²) in [6.07, 6.45) is 1.74. The molecule has 3 rings (SSSR count). The number of nitrogens with zero attached hydrogens (tertiary/aromatic N) is 1. The number of unbranched alkanes of at least 4 members (excludes halogenated alkanes) is 1. The molecule has 2 aromatic carbocycles. The van der Waals surface area contributed by atoms with Crippen LogP contribution in [0.5, 0.6) is 0 Å². The number of carbonyl (C=O) groups is 3. The number of fused-ring (bicyclic) bond motifs is 1. The zero-order valence-electron chi connectivity index (χ0n) is 14.7. The molecular weight excluding hydrogens is 330 g/mol. The molecule has 0 N–H and O–H groups in total. The van der Waals surface area contributed by atoms with E-state index in [1.807, 2.05) is 30.3 Å². The summed E-state index contributed by atoms with van der Waals surface area (Å²) in [5.41, 5.74) is 1.89. The number of benzene rings is 2. The van der Waals surface area contributed by atoms with E-state index in [9.17, 15) is 14.4 Å². The van der Waals surface area contributed by atoms with Gasteiger partial charge in [-0.3, -0.25) is 19.3 Å². The van der Waals surface area contributed by atoms with Gasteiger partial charge in [-0.25, -0.2) is 0 Å². The molecule has 0 fully saturated rings. The fourth-order valence-corrected chi connectivity index (χ4v) is 3.20. The van der Waals surface area contributed by atoms with Crippen LogP contribution in [0.1, 0.15) is 58.6 Å². The highest BCUT2D eigenvalue weighted by molar-refractivity contribution is 6.21. The molecule has 0 saturated carbocycles. The van der Waals surface area contributed by atoms with Crippen LogP contribution in [0, 0.1) is 0 Å². The molecule has 2 amide bonds. The molecule has 5 nitrogen and oxygen atoms in total. The van der Waals surface area contributed by atoms with Gasteiger partial charge in [0.25, 0.3) is 11.8 Å². The third kappa shape index (κ3) is 3.82. The van der Waals surface area contributed by atoms with Gasteiger partial charge < -0.3 is 4.74 Å². The van der Waals surface area contributed by atoms with Crippen LogP contribution in [0.25, 0.3) is 0 Å². The van der Waals surface area contributed by atoms with Crippen LogP contribution in [-0.4, -0.2) is 29.2 Å². The van der Waals surface area contributed by atoms with Crippen molar-refractivity contribution in [2.24, 2.45) is 0 Å². The van der Waals surface area contributed by atoms with Crippen LogP contribution in [0.4, 0.5) is 0 Å². The molecule has 134 valence electrons. The van der Waals surface area contributed by atoms with Gasteiger partial charge in [0, 0.05) is 13.5 Å². The Bertz CT molecular complexity index is 781. The molecule has 1 atom stereocenters. The van der Waals surface area contributed by atoms with Gasteiger partial charge in [-0.15, -0.1) is 0 Å². The van der Waals surface area contributed by atoms with Gasteiger partial charge in [-0.1, -0.05) is 42.5 Å². The van der Waals surface area contributed by atoms with Crippen molar-refractivity contribution < 1.29 is 19.1 Å². The van der Waals surface area contributed by atoms with Crippen LogP contribution in [0.3, 0.4) is 0 Å². The average Bonchev–Trinajstić information content (AvgIpc) is 2.89. The highest BCUT2D eigenvalue weighted by Gasteiger charge is 2.34. The molecule has 0 aliphatic carbocycles. The van der Waals surface area contributed by atoms with Crippen molar-refractivity contribution in [2.75, 3.05) is 6.54 Å². The predicted molar refractivity (Wildman–Crippen MR) is 96.6 cm³/mol. The topological polar surface area (TPSA) is 63.7 Å². The lowest BCUT2D eigenvalue weighted by atomic mass is 10.0. The van der Waals surface area contributed by atoms with Crippen LogP contribution in [0.15, 0.2) is 54.6 Å². The Kier molecular flexibility index (Phi) is 5.46. The lowest BCUT2D eigenvalue weighted by Gasteiger charge is -2.18. The molecular formula is C21H21NO4. The first-order valence-electron chi connectivity index (χ1n) is 8.75. The summed E-state index contributed by atoms with van der Waals surface area (Å²) in [6, 6.07) is 16.5. The highest BCUT2D eigenvalue weighted by Crippen LogP contribution is 2.26. The summed E-state index contributed by atoms with van der Waals surface area (Å²) >= 11 is 0. The van der Waals surface area contributed by atoms with Gasteiger partial charge in [-0.2, -0.15) is 0 Å². The summed E-state index contributed by atoms with van der Waals surface area (Å²) in [4.78, 5) is 37.3. The first kappa shape index (κ1) is 17.9. The Morgan fingerprint density at radius 1 is 0.923 bits per heavy atom. The molecule has 2 aromatic rings. The van der Waals surface area contributed by atoms with Crippen LogP contribution < -0.4 is 0 Å². The lowest BCUT2D eigenvalue weighted by molar-refractivity contribution is -0.147. The van der Waals surface area contributed by atoms with E-state index in [0.29, 0.717) is 30.5 Å². The first-order chi connectivity index (χ1) is 12.6. The second-order valence-electron chi connectivity index (χ2n) is 6.31. The number of hydrogen-bond donors (Lipinski definition) is 0. The van der Waals surface area contributed by atoms with E-state index in [-0.39, 0.29) is 23.9 Å². The molecule has 1 aliphatic rings. The third-order valence-corrected chi connectivity index (χ3v) is 4.46. The number of amides is 2. The van der Waals surface area contributed by atoms with E-state index < -0.39 is 0 Å². The quantitative estimate of drug-likeness (QED) is 0.433. The minimum atomic E-state index is -0.320. The van der Waals surface area contributed by atoms with Gasteiger partial charge in [0.2, 0.25) is 0 Å². The van der Waals surface area contributed by atoms with Crippen molar-refractivity contribution in [2.45, 2.75) is 32.3 Å². The Morgan fingerprint density at radius 2 is 1.50 bits per heavy atom. The Hall–Kier alpha value is -2.95. The second-order valence-corrected chi connectivity index (χ2v) is 6.31. The molecule has 5 heteroatoms. The number of imide groups is 1. The van der Waals surface area contributed by atoms with Gasteiger partial charge in [0.15, 0.2) is 0 Å². The molecule has 0 bridgehead atoms. The number of ether oxygens (including phenoxy) is 1. The van der Waals surface area contributed by atoms with Crippen molar-refractivity contribution in [3.05, 3.63) is 71.3 Å². The first-order valence-corrected chi connectivity index (χ1v) is 8.75. The van der Waals surface area contributed by atoms with E-state index in [1.54, 1.807) is 24.3 Å². The normalized spacial score (nSPS) is 14.3. The largest absolute Gasteiger partial charge is 0.458 e. The average molecular weight is 351 g/mol. The monoisotopic (exact) mass is 351 g/mol. The van der Waals surface area contributed by atoms with Crippen molar-refractivity contribution in [3.63, 3.8) is 0 Å². The van der Waals surface area contributed by atoms with E-state index >= 15 is 0 Å². The van der Waals surface area contributed by atoms with Crippen molar-refractivity contribution >= 4 is 17.8 Å². The lowest BCUT2D eigenvalue weighted by Crippen LogP contribution is -2.30. The van der Waals surface area contributed by atoms with Gasteiger partial charge >= 0.3 is 5.97 Å². The fraction of sp³-hybridized carbons (Fsp3) is 0.286. The Labute approximate surface area is 152 Å². The number of rotatable bonds is 7. The Balaban J connectivity index is 1.55. The standard InChI is InChI=1S/C21H21NO4/c1-15(23)26-19(16-9-3-2-4-10-16)13-7-8-14-22-20(24)17-11-5-6-12-18(17)21(22)25/h2-6,9-12,19H,7-8,13-14H2,1H3. The molecule has 0 spiro atoms. The molecule has 1 unspecified atom stereocenters. The van der Waals surface area contributed by atoms with E-state index in [2.05, 4.69) is 0 Å². The zero-order valence-corrected chi connectivity index (χ0v) is 14.7. The van der Waals surface area contributed by atoms with Crippen LogP contribution in [0.2, 0.25) is 0 Å². The Morgan fingerprint density at radius 3 is 2.08 bits per heavy atom. The van der Waals surface area contributed by atoms with E-state index in [1.165, 1.54) is 11.8 Å². The third-order valence-electron chi connectivity index (χ3n) is 4.46. The second kappa shape index (κ2) is 7.95. The maximum absolute atomic E-state index is 12.3. The minimum Gasteiger partial charge on any atom is -0.458 e. The van der Waals surface area contributed by atoms with Gasteiger partial charge in [0.1, 0.15) is 6.10 Å². The van der Waals surface area contributed by atoms with Crippen molar-refractivity contribution in [3.8, 4) is 0 Å². The summed E-state index contributed by atoms with van der Waals surface area (Å²) in [5, 5.41) is 0. The smallest absolute Gasteiger partial charge is 0.303 e. The SMILES string of the molecule is CC(=O)OC(CCCCN1C(=O)c2ccccc2C1=O)c1ccccc1. The number of esters is 1. The fourth-order valence-electron chi connectivity index (χ4n) is 3.20. The maximum Gasteiger partial charge on any atom is 0.303 e. The molecule has 0 aromatic heterocycles. The number of carbonyl (C=O) groups excluding carboxylic acids is 3. The summed E-state index contributed by atoms with van der Waals surface area (Å²) in [5.74, 6) is -0.783. The molecule has 1 heterocycles. The maximum atomic E-state index is 12.3. The van der Waals surface area contributed by atoms with Gasteiger partial charge in [0.05, 0.1) is 11.1 Å². The van der Waals surface area contributed by atoms with Crippen LogP contribution >= 0.6 is 0 Å². The molecule has 0 saturated heterocycles. The zero-order chi connectivity index (χ0) is 18.5. The van der Waals surface area contributed by atoms with Crippen LogP contribution in [-0.2, 0) is 9.53 Å². The predicted octanol–water partition coefficient (Wildman–Crippen LogP) is 3.76. The van der Waals surface area contributed by atoms with Crippen molar-refractivity contribution in [1.29, 1.82) is 0 Å². The van der Waals surface area contributed by atoms with E-state index in [0.717, 1.165) is 12.0 Å².